The topological polar surface area (TPSA) is 110 Å². The zero-order valence-corrected chi connectivity index (χ0v) is 13.6. The fourth-order valence-electron chi connectivity index (χ4n) is 1.85. The average molecular weight is 329 g/mol. The molecule has 1 aromatic carbocycles. The summed E-state index contributed by atoms with van der Waals surface area (Å²) in [6.07, 6.45) is 0. The Morgan fingerprint density at radius 2 is 1.86 bits per heavy atom. The van der Waals surface area contributed by atoms with Crippen molar-refractivity contribution in [3.05, 3.63) is 29.3 Å². The van der Waals surface area contributed by atoms with Crippen LogP contribution in [0.4, 0.5) is 0 Å². The minimum atomic E-state index is -4.18. The van der Waals surface area contributed by atoms with Gasteiger partial charge in [-0.05, 0) is 25.0 Å². The molecule has 0 spiro atoms. The smallest absolute Gasteiger partial charge is 0.339 e. The van der Waals surface area contributed by atoms with Gasteiger partial charge in [-0.1, -0.05) is 25.5 Å². The number of aliphatic carboxylic acids is 1. The Morgan fingerprint density at radius 3 is 2.32 bits per heavy atom. The van der Waals surface area contributed by atoms with Crippen molar-refractivity contribution in [1.82, 2.24) is 4.72 Å². The molecule has 0 bridgehead atoms. The molecule has 0 fully saturated rings. The zero-order valence-electron chi connectivity index (χ0n) is 12.8. The maximum absolute atomic E-state index is 12.4. The molecule has 1 aromatic rings. The lowest BCUT2D eigenvalue weighted by atomic mass is 10.1. The van der Waals surface area contributed by atoms with Crippen LogP contribution >= 0.6 is 0 Å². The number of esters is 1. The molecule has 0 heterocycles. The van der Waals surface area contributed by atoms with Crippen molar-refractivity contribution < 1.29 is 27.9 Å². The number of carbonyl (C=O) groups is 2. The Morgan fingerprint density at radius 1 is 1.27 bits per heavy atom. The lowest BCUT2D eigenvalue weighted by molar-refractivity contribution is -0.140. The summed E-state index contributed by atoms with van der Waals surface area (Å²) in [6, 6.07) is 2.86. The molecular weight excluding hydrogens is 310 g/mol. The molecule has 0 aromatic heterocycles. The van der Waals surface area contributed by atoms with Crippen LogP contribution in [0, 0.1) is 12.8 Å². The number of hydrogen-bond acceptors (Lipinski definition) is 5. The van der Waals surface area contributed by atoms with Crippen LogP contribution in [0.5, 0.6) is 0 Å². The molecule has 0 saturated carbocycles. The molecule has 0 aliphatic carbocycles. The van der Waals surface area contributed by atoms with Crippen LogP contribution in [0.1, 0.15) is 29.8 Å². The first-order valence-electron chi connectivity index (χ1n) is 6.54. The number of methoxy groups -OCH3 is 1. The zero-order chi connectivity index (χ0) is 17.1. The third kappa shape index (κ3) is 4.05. The van der Waals surface area contributed by atoms with Crippen molar-refractivity contribution in [1.29, 1.82) is 0 Å². The van der Waals surface area contributed by atoms with Crippen molar-refractivity contribution >= 4 is 22.0 Å². The molecule has 1 rings (SSSR count). The molecule has 0 radical (unpaired) electrons. The molecule has 1 atom stereocenters. The van der Waals surface area contributed by atoms with Gasteiger partial charge in [-0.15, -0.1) is 0 Å². The van der Waals surface area contributed by atoms with Gasteiger partial charge < -0.3 is 9.84 Å². The monoisotopic (exact) mass is 329 g/mol. The van der Waals surface area contributed by atoms with Gasteiger partial charge in [-0.3, -0.25) is 4.79 Å². The molecule has 0 amide bonds. The average Bonchev–Trinajstić information content (AvgIpc) is 2.42. The number of hydrogen-bond donors (Lipinski definition) is 2. The van der Waals surface area contributed by atoms with E-state index in [1.807, 2.05) is 0 Å². The van der Waals surface area contributed by atoms with E-state index in [1.54, 1.807) is 20.8 Å². The number of benzene rings is 1. The lowest BCUT2D eigenvalue weighted by Gasteiger charge is -2.19. The quantitative estimate of drug-likeness (QED) is 0.758. The first-order chi connectivity index (χ1) is 10.1. The molecule has 1 unspecified atom stereocenters. The van der Waals surface area contributed by atoms with E-state index in [0.717, 1.165) is 7.11 Å². The van der Waals surface area contributed by atoms with E-state index >= 15 is 0 Å². The summed E-state index contributed by atoms with van der Waals surface area (Å²) in [5.41, 5.74) is 0.542. The van der Waals surface area contributed by atoms with Crippen LogP contribution in [0.3, 0.4) is 0 Å². The van der Waals surface area contributed by atoms with E-state index in [2.05, 4.69) is 9.46 Å². The fraction of sp³-hybridized carbons (Fsp3) is 0.429. The normalized spacial score (nSPS) is 13.0. The van der Waals surface area contributed by atoms with E-state index in [9.17, 15) is 18.0 Å². The molecular formula is C14H19NO6S. The second kappa shape index (κ2) is 6.89. The van der Waals surface area contributed by atoms with Crippen molar-refractivity contribution in [2.24, 2.45) is 5.92 Å². The van der Waals surface area contributed by atoms with Crippen LogP contribution in [-0.4, -0.2) is 38.6 Å². The Labute approximate surface area is 129 Å². The fourth-order valence-corrected chi connectivity index (χ4v) is 3.36. The molecule has 0 saturated heterocycles. The van der Waals surface area contributed by atoms with Gasteiger partial charge >= 0.3 is 11.9 Å². The predicted octanol–water partition coefficient (Wildman–Crippen LogP) is 1.17. The van der Waals surface area contributed by atoms with Gasteiger partial charge in [0.1, 0.15) is 6.04 Å². The highest BCUT2D eigenvalue weighted by atomic mass is 32.2. The van der Waals surface area contributed by atoms with Gasteiger partial charge in [0.05, 0.1) is 17.6 Å². The molecule has 0 aliphatic rings. The van der Waals surface area contributed by atoms with Gasteiger partial charge in [-0.25, -0.2) is 13.2 Å². The number of aryl methyl sites for hydroxylation is 1. The summed E-state index contributed by atoms with van der Waals surface area (Å²) in [5.74, 6) is -2.55. The Balaban J connectivity index is 3.34. The van der Waals surface area contributed by atoms with Crippen molar-refractivity contribution in [3.8, 4) is 0 Å². The van der Waals surface area contributed by atoms with Gasteiger partial charge in [0.15, 0.2) is 0 Å². The third-order valence-corrected chi connectivity index (χ3v) is 4.54. The highest BCUT2D eigenvalue weighted by Crippen LogP contribution is 2.19. The van der Waals surface area contributed by atoms with Gasteiger partial charge in [0.2, 0.25) is 10.0 Å². The van der Waals surface area contributed by atoms with Crippen molar-refractivity contribution in [2.45, 2.75) is 31.7 Å². The van der Waals surface area contributed by atoms with Gasteiger partial charge in [0, 0.05) is 0 Å². The lowest BCUT2D eigenvalue weighted by Crippen LogP contribution is -2.44. The largest absolute Gasteiger partial charge is 0.480 e. The SMILES string of the molecule is COC(=O)c1cc(C)ccc1S(=O)(=O)NC(C(=O)O)C(C)C. The standard InChI is InChI=1S/C14H19NO6S/c1-8(2)12(13(16)17)15-22(19,20)11-6-5-9(3)7-10(11)14(18)21-4/h5-8,12,15H,1-4H3,(H,16,17). The molecule has 8 heteroatoms. The summed E-state index contributed by atoms with van der Waals surface area (Å²) < 4.78 is 31.5. The van der Waals surface area contributed by atoms with Gasteiger partial charge in [0.25, 0.3) is 0 Å². The second-order valence-corrected chi connectivity index (χ2v) is 6.85. The summed E-state index contributed by atoms with van der Waals surface area (Å²) in [6.45, 7) is 4.86. The maximum atomic E-state index is 12.4. The first-order valence-corrected chi connectivity index (χ1v) is 8.02. The summed E-state index contributed by atoms with van der Waals surface area (Å²) in [4.78, 5) is 22.6. The van der Waals surface area contributed by atoms with Crippen LogP contribution in [0.15, 0.2) is 23.1 Å². The number of nitrogens with one attached hydrogen (secondary N) is 1. The van der Waals surface area contributed by atoms with Crippen LogP contribution < -0.4 is 4.72 Å². The predicted molar refractivity (Wildman–Crippen MR) is 79.1 cm³/mol. The third-order valence-electron chi connectivity index (χ3n) is 3.04. The minimum Gasteiger partial charge on any atom is -0.480 e. The number of carboxylic acid groups (broad SMARTS) is 1. The summed E-state index contributed by atoms with van der Waals surface area (Å²) in [7, 11) is -3.04. The van der Waals surface area contributed by atoms with Crippen LogP contribution in [-0.2, 0) is 19.6 Å². The number of carboxylic acids is 1. The Hall–Kier alpha value is -1.93. The number of ether oxygens (including phenoxy) is 1. The van der Waals surface area contributed by atoms with Crippen molar-refractivity contribution in [2.75, 3.05) is 7.11 Å². The summed E-state index contributed by atoms with van der Waals surface area (Å²) >= 11 is 0. The van der Waals surface area contributed by atoms with Crippen LogP contribution in [0.2, 0.25) is 0 Å². The highest BCUT2D eigenvalue weighted by molar-refractivity contribution is 7.89. The first kappa shape index (κ1) is 18.1. The van der Waals surface area contributed by atoms with Crippen molar-refractivity contribution in [3.63, 3.8) is 0 Å². The number of carbonyl (C=O) groups excluding carboxylic acids is 1. The molecule has 0 aliphatic heterocycles. The molecule has 7 nitrogen and oxygen atoms in total. The van der Waals surface area contributed by atoms with E-state index in [1.165, 1.54) is 18.2 Å². The maximum Gasteiger partial charge on any atom is 0.339 e. The van der Waals surface area contributed by atoms with E-state index < -0.39 is 33.9 Å². The van der Waals surface area contributed by atoms with Crippen LogP contribution in [0.25, 0.3) is 0 Å². The molecule has 22 heavy (non-hydrogen) atoms. The number of rotatable bonds is 6. The Kier molecular flexibility index (Phi) is 5.67. The molecule has 2 N–H and O–H groups in total. The second-order valence-electron chi connectivity index (χ2n) is 5.17. The molecule has 122 valence electrons. The summed E-state index contributed by atoms with van der Waals surface area (Å²) in [5, 5.41) is 9.10. The highest BCUT2D eigenvalue weighted by Gasteiger charge is 2.30. The van der Waals surface area contributed by atoms with Gasteiger partial charge in [-0.2, -0.15) is 4.72 Å². The minimum absolute atomic E-state index is 0.136. The van der Waals surface area contributed by atoms with E-state index in [4.69, 9.17) is 5.11 Å². The number of sulfonamides is 1. The Bertz CT molecular complexity index is 681. The van der Waals surface area contributed by atoms with E-state index in [-0.39, 0.29) is 10.5 Å². The van der Waals surface area contributed by atoms with E-state index in [0.29, 0.717) is 5.56 Å².